The lowest BCUT2D eigenvalue weighted by molar-refractivity contribution is -0.139. The van der Waals surface area contributed by atoms with Crippen LogP contribution in [-0.2, 0) is 17.1 Å². The van der Waals surface area contributed by atoms with Crippen molar-refractivity contribution in [3.05, 3.63) is 70.8 Å². The summed E-state index contributed by atoms with van der Waals surface area (Å²) in [5.74, 6) is -1.07. The number of piperidine rings is 1. The van der Waals surface area contributed by atoms with Crippen molar-refractivity contribution in [2.75, 3.05) is 6.54 Å². The van der Waals surface area contributed by atoms with Crippen molar-refractivity contribution in [3.63, 3.8) is 0 Å². The summed E-state index contributed by atoms with van der Waals surface area (Å²) in [6.07, 6.45) is -5.38. The van der Waals surface area contributed by atoms with E-state index in [0.717, 1.165) is 48.7 Å². The highest BCUT2D eigenvalue weighted by molar-refractivity contribution is 6.76. The Morgan fingerprint density at radius 3 is 1.95 bits per heavy atom. The van der Waals surface area contributed by atoms with Crippen LogP contribution in [0.3, 0.4) is 0 Å². The zero-order valence-corrected chi connectivity index (χ0v) is 23.6. The number of hydrogen-bond acceptors (Lipinski definition) is 2. The summed E-state index contributed by atoms with van der Waals surface area (Å²) in [5.41, 5.74) is -0.119. The standard InChI is InChI=1S/C29H37F6NO2Si/c1-39(2,3)17-5-4-6-25(21-7-11-23(12-8-21)28(30,31)32)36-16-15-20(19-27(37)38)18-26(36)22-9-13-24(14-10-22)29(33,34)35/h7-14,20,25-26H,4-6,15-19H2,1-3H3,(H,37,38)/t20-,25-,26+/m1/s1. The number of hydrogen-bond donors (Lipinski definition) is 1. The second-order valence-corrected chi connectivity index (χ2v) is 17.4. The fourth-order valence-corrected chi connectivity index (χ4v) is 6.81. The summed E-state index contributed by atoms with van der Waals surface area (Å²) in [6.45, 7) is 7.36. The predicted molar refractivity (Wildman–Crippen MR) is 142 cm³/mol. The topological polar surface area (TPSA) is 40.5 Å². The molecule has 0 unspecified atom stereocenters. The van der Waals surface area contributed by atoms with E-state index < -0.39 is 37.5 Å². The van der Waals surface area contributed by atoms with Crippen molar-refractivity contribution in [2.24, 2.45) is 5.92 Å². The van der Waals surface area contributed by atoms with Gasteiger partial charge in [0.15, 0.2) is 0 Å². The second-order valence-electron chi connectivity index (χ2n) is 11.8. The third kappa shape index (κ3) is 9.10. The van der Waals surface area contributed by atoms with Crippen LogP contribution in [0.1, 0.15) is 72.9 Å². The molecule has 1 fully saturated rings. The number of likely N-dealkylation sites (tertiary alicyclic amines) is 1. The quantitative estimate of drug-likeness (QED) is 0.175. The maximum absolute atomic E-state index is 13.2. The number of rotatable bonds is 10. The van der Waals surface area contributed by atoms with Gasteiger partial charge in [0.25, 0.3) is 0 Å². The van der Waals surface area contributed by atoms with E-state index in [1.807, 2.05) is 0 Å². The zero-order chi connectivity index (χ0) is 29.0. The van der Waals surface area contributed by atoms with Gasteiger partial charge in [-0.15, -0.1) is 0 Å². The van der Waals surface area contributed by atoms with Crippen LogP contribution in [0.4, 0.5) is 26.3 Å². The maximum atomic E-state index is 13.2. The molecule has 0 radical (unpaired) electrons. The number of carboxylic acids is 1. The molecule has 1 aliphatic rings. The van der Waals surface area contributed by atoms with Gasteiger partial charge < -0.3 is 5.11 Å². The summed E-state index contributed by atoms with van der Waals surface area (Å²) < 4.78 is 79.4. The SMILES string of the molecule is C[Si](C)(C)CCCC[C@H](c1ccc(C(F)(F)F)cc1)N1CC[C@@H](CC(=O)O)C[C@H]1c1ccc(C(F)(F)F)cc1. The average molecular weight is 574 g/mol. The normalized spacial score (nSPS) is 20.1. The van der Waals surface area contributed by atoms with E-state index in [2.05, 4.69) is 24.5 Å². The first-order valence-electron chi connectivity index (χ1n) is 13.4. The third-order valence-electron chi connectivity index (χ3n) is 7.52. The van der Waals surface area contributed by atoms with Crippen LogP contribution in [0, 0.1) is 5.92 Å². The van der Waals surface area contributed by atoms with Crippen LogP contribution in [-0.4, -0.2) is 30.6 Å². The van der Waals surface area contributed by atoms with Gasteiger partial charge >= 0.3 is 18.3 Å². The lowest BCUT2D eigenvalue weighted by Crippen LogP contribution is -2.40. The molecule has 3 atom stereocenters. The van der Waals surface area contributed by atoms with Crippen molar-refractivity contribution < 1.29 is 36.2 Å². The smallest absolute Gasteiger partial charge is 0.416 e. The van der Waals surface area contributed by atoms with Crippen molar-refractivity contribution >= 4 is 14.0 Å². The molecule has 39 heavy (non-hydrogen) atoms. The first-order valence-corrected chi connectivity index (χ1v) is 17.1. The summed E-state index contributed by atoms with van der Waals surface area (Å²) in [6, 6.07) is 10.6. The highest BCUT2D eigenvalue weighted by Crippen LogP contribution is 2.44. The van der Waals surface area contributed by atoms with Gasteiger partial charge in [-0.3, -0.25) is 9.69 Å². The van der Waals surface area contributed by atoms with Crippen molar-refractivity contribution in [3.8, 4) is 0 Å². The molecule has 1 saturated heterocycles. The Balaban J connectivity index is 1.96. The molecule has 216 valence electrons. The summed E-state index contributed by atoms with van der Waals surface area (Å²) in [4.78, 5) is 13.6. The minimum absolute atomic E-state index is 0.0356. The van der Waals surface area contributed by atoms with Gasteiger partial charge in [-0.05, 0) is 67.1 Å². The molecule has 2 aromatic carbocycles. The molecule has 3 rings (SSSR count). The van der Waals surface area contributed by atoms with Crippen LogP contribution in [0.2, 0.25) is 25.7 Å². The van der Waals surface area contributed by atoms with Crippen molar-refractivity contribution in [2.45, 2.75) is 88.6 Å². The highest BCUT2D eigenvalue weighted by Gasteiger charge is 2.37. The number of alkyl halides is 6. The Kier molecular flexibility index (Phi) is 9.96. The summed E-state index contributed by atoms with van der Waals surface area (Å²) in [7, 11) is -1.27. The highest BCUT2D eigenvalue weighted by atomic mass is 28.3. The van der Waals surface area contributed by atoms with Crippen LogP contribution >= 0.6 is 0 Å². The minimum Gasteiger partial charge on any atom is -0.481 e. The number of carbonyl (C=O) groups is 1. The van der Waals surface area contributed by atoms with E-state index in [9.17, 15) is 36.2 Å². The van der Waals surface area contributed by atoms with E-state index in [-0.39, 0.29) is 24.4 Å². The Morgan fingerprint density at radius 1 is 0.923 bits per heavy atom. The Hall–Kier alpha value is -2.33. The maximum Gasteiger partial charge on any atom is 0.416 e. The van der Waals surface area contributed by atoms with Crippen molar-refractivity contribution in [1.29, 1.82) is 0 Å². The van der Waals surface area contributed by atoms with E-state index in [0.29, 0.717) is 31.4 Å². The molecule has 2 aromatic rings. The fourth-order valence-electron chi connectivity index (χ4n) is 5.49. The monoisotopic (exact) mass is 573 g/mol. The second kappa shape index (κ2) is 12.5. The molecular formula is C29H37F6NO2Si. The lowest BCUT2D eigenvalue weighted by atomic mass is 9.82. The molecule has 10 heteroatoms. The van der Waals surface area contributed by atoms with E-state index in [4.69, 9.17) is 0 Å². The van der Waals surface area contributed by atoms with Gasteiger partial charge in [-0.1, -0.05) is 62.8 Å². The van der Waals surface area contributed by atoms with Crippen molar-refractivity contribution in [1.82, 2.24) is 4.90 Å². The molecule has 3 nitrogen and oxygen atoms in total. The first-order chi connectivity index (χ1) is 18.0. The predicted octanol–water partition coefficient (Wildman–Crippen LogP) is 9.20. The molecule has 0 saturated carbocycles. The van der Waals surface area contributed by atoms with Gasteiger partial charge in [0.05, 0.1) is 11.1 Å². The lowest BCUT2D eigenvalue weighted by Gasteiger charge is -2.44. The molecule has 0 bridgehead atoms. The molecule has 1 heterocycles. The zero-order valence-electron chi connectivity index (χ0n) is 22.6. The molecule has 1 N–H and O–H groups in total. The fraction of sp³-hybridized carbons (Fsp3) is 0.552. The number of nitrogens with zero attached hydrogens (tertiary/aromatic N) is 1. The molecular weight excluding hydrogens is 536 g/mol. The number of aliphatic carboxylic acids is 1. The molecule has 0 aromatic heterocycles. The summed E-state index contributed by atoms with van der Waals surface area (Å²) >= 11 is 0. The number of carboxylic acid groups (broad SMARTS) is 1. The van der Waals surface area contributed by atoms with Crippen LogP contribution < -0.4 is 0 Å². The van der Waals surface area contributed by atoms with Crippen LogP contribution in [0.15, 0.2) is 48.5 Å². The van der Waals surface area contributed by atoms with Crippen LogP contribution in [0.5, 0.6) is 0 Å². The molecule has 0 aliphatic carbocycles. The average Bonchev–Trinajstić information content (AvgIpc) is 2.82. The first kappa shape index (κ1) is 31.2. The van der Waals surface area contributed by atoms with E-state index >= 15 is 0 Å². The van der Waals surface area contributed by atoms with Gasteiger partial charge in [-0.2, -0.15) is 26.3 Å². The Morgan fingerprint density at radius 2 is 1.46 bits per heavy atom. The number of halogens is 6. The Labute approximate surface area is 227 Å². The molecule has 0 amide bonds. The summed E-state index contributed by atoms with van der Waals surface area (Å²) in [5, 5.41) is 9.38. The number of benzene rings is 2. The van der Waals surface area contributed by atoms with Gasteiger partial charge in [-0.25, -0.2) is 0 Å². The minimum atomic E-state index is -4.48. The number of unbranched alkanes of at least 4 members (excludes halogenated alkanes) is 1. The van der Waals surface area contributed by atoms with Crippen LogP contribution in [0.25, 0.3) is 0 Å². The van der Waals surface area contributed by atoms with Gasteiger partial charge in [0, 0.05) is 26.6 Å². The molecule has 1 aliphatic heterocycles. The van der Waals surface area contributed by atoms with Gasteiger partial charge in [0.2, 0.25) is 0 Å². The largest absolute Gasteiger partial charge is 0.481 e. The molecule has 0 spiro atoms. The Bertz CT molecular complexity index is 1080. The third-order valence-corrected chi connectivity index (χ3v) is 9.37. The van der Waals surface area contributed by atoms with E-state index in [1.165, 1.54) is 24.3 Å². The van der Waals surface area contributed by atoms with E-state index in [1.54, 1.807) is 0 Å². The van der Waals surface area contributed by atoms with Gasteiger partial charge in [0.1, 0.15) is 0 Å².